The maximum Gasteiger partial charge on any atom is 0 e. The van der Waals surface area contributed by atoms with E-state index in [0.29, 0.717) is 5.92 Å². The van der Waals surface area contributed by atoms with Crippen LogP contribution < -0.4 is 4.40 Å². The SMILES string of the molecule is CC(C)(C)c1cccc(-c2ccccc2)c1-n1c(-c2[c-]cc3c(c2)c2ccccc2n3-c2ccccc2)nc2cc3ccccc3cc21.CC(C)Cc1cc(-c2[c-]cccc2)nc[c]1[Ge]([CH3])([CH3])[CH3].[Ir]. The van der Waals surface area contributed by atoms with Gasteiger partial charge in [-0.3, -0.25) is 4.98 Å². The van der Waals surface area contributed by atoms with E-state index in [0.717, 1.165) is 57.0 Å². The minimum atomic E-state index is -1.86. The average molecular weight is 1140 g/mol. The number of imidazole rings is 1. The van der Waals surface area contributed by atoms with Crippen molar-refractivity contribution in [2.24, 2.45) is 5.92 Å². The first-order valence-corrected chi connectivity index (χ1v) is 31.3. The van der Waals surface area contributed by atoms with E-state index in [1.807, 2.05) is 18.2 Å². The third-order valence-corrected chi connectivity index (χ3v) is 17.3. The summed E-state index contributed by atoms with van der Waals surface area (Å²) >= 11 is -1.86. The van der Waals surface area contributed by atoms with Crippen LogP contribution in [0.4, 0.5) is 0 Å². The quantitative estimate of drug-likeness (QED) is 0.112. The predicted octanol–water partition coefficient (Wildman–Crippen LogP) is 16.0. The van der Waals surface area contributed by atoms with Gasteiger partial charge in [0.25, 0.3) is 0 Å². The van der Waals surface area contributed by atoms with Crippen LogP contribution in [0.5, 0.6) is 0 Å². The molecular formula is C63H58GeIrN4-2. The van der Waals surface area contributed by atoms with Crippen LogP contribution in [0.1, 0.15) is 45.7 Å². The fraction of sp³-hybridized carbons (Fsp3) is 0.175. The summed E-state index contributed by atoms with van der Waals surface area (Å²) in [5.41, 5.74) is 14.7. The van der Waals surface area contributed by atoms with Gasteiger partial charge in [-0.25, -0.2) is 0 Å². The zero-order valence-corrected chi connectivity index (χ0v) is 45.3. The van der Waals surface area contributed by atoms with Gasteiger partial charge < -0.3 is 9.13 Å². The second-order valence-electron chi connectivity index (χ2n) is 20.5. The minimum absolute atomic E-state index is 0. The summed E-state index contributed by atoms with van der Waals surface area (Å²) in [5, 5.41) is 4.76. The molecule has 0 unspecified atom stereocenters. The van der Waals surface area contributed by atoms with Crippen LogP contribution in [0.3, 0.4) is 0 Å². The maximum absolute atomic E-state index is 5.44. The topological polar surface area (TPSA) is 35.6 Å². The predicted molar refractivity (Wildman–Crippen MR) is 291 cm³/mol. The van der Waals surface area contributed by atoms with Gasteiger partial charge >= 0.3 is 126 Å². The molecule has 0 saturated carbocycles. The van der Waals surface area contributed by atoms with E-state index in [4.69, 9.17) is 9.97 Å². The Morgan fingerprint density at radius 2 is 1.29 bits per heavy atom. The van der Waals surface area contributed by atoms with Crippen molar-refractivity contribution in [3.8, 4) is 45.1 Å². The fourth-order valence-electron chi connectivity index (χ4n) is 9.79. The van der Waals surface area contributed by atoms with E-state index >= 15 is 0 Å². The molecule has 0 aliphatic heterocycles. The second kappa shape index (κ2) is 19.6. The third kappa shape index (κ3) is 9.53. The standard InChI is InChI=1S/C45H34N3.C18H24GeN.Ir/c1-45(2,3)38-23-14-22-35(30-15-6-4-7-16-30)43(38)48-42-29-32-18-11-10-17-31(32)28-39(42)46-44(48)33-25-26-41-37(27-33)36-21-12-13-24-40(36)47(41)34-19-8-5-9-20-34;1-14(2)11-16-12-18(15-9-7-6-8-10-15)20-13-17(16)19(3,4)5;/h4-24,26-29H,1-3H3;6-9,12-14H,11H2,1-5H3;/q2*-1;. The first-order chi connectivity index (χ1) is 32.8. The molecule has 3 aromatic heterocycles. The molecule has 0 spiro atoms. The molecule has 11 rings (SSSR count). The molecule has 0 fully saturated rings. The summed E-state index contributed by atoms with van der Waals surface area (Å²) in [6, 6.07) is 71.6. The van der Waals surface area contributed by atoms with Crippen LogP contribution in [0.25, 0.3) is 88.8 Å². The Bertz CT molecular complexity index is 3580. The summed E-state index contributed by atoms with van der Waals surface area (Å²) in [6.07, 6.45) is 3.27. The third-order valence-electron chi connectivity index (χ3n) is 12.9. The van der Waals surface area contributed by atoms with Gasteiger partial charge in [-0.2, -0.15) is 0 Å². The van der Waals surface area contributed by atoms with E-state index in [2.05, 4.69) is 243 Å². The molecule has 69 heavy (non-hydrogen) atoms. The van der Waals surface area contributed by atoms with Crippen LogP contribution in [0.15, 0.2) is 188 Å². The molecule has 0 saturated heterocycles. The monoisotopic (exact) mass is 1140 g/mol. The van der Waals surface area contributed by atoms with E-state index in [1.165, 1.54) is 49.3 Å². The van der Waals surface area contributed by atoms with E-state index < -0.39 is 13.3 Å². The summed E-state index contributed by atoms with van der Waals surface area (Å²) in [4.78, 5) is 10.1. The molecule has 345 valence electrons. The van der Waals surface area contributed by atoms with Crippen molar-refractivity contribution in [3.63, 3.8) is 0 Å². The second-order valence-corrected chi connectivity index (χ2v) is 31.0. The minimum Gasteiger partial charge on any atom is 0 e. The molecular weight excluding hydrogens is 1080 g/mol. The molecule has 4 nitrogen and oxygen atoms in total. The molecule has 1 radical (unpaired) electrons. The number of para-hydroxylation sites is 3. The smallest absolute Gasteiger partial charge is 0 e. The average Bonchev–Trinajstić information content (AvgIpc) is 3.88. The van der Waals surface area contributed by atoms with Crippen molar-refractivity contribution in [1.29, 1.82) is 0 Å². The van der Waals surface area contributed by atoms with Gasteiger partial charge in [0.2, 0.25) is 0 Å². The zero-order chi connectivity index (χ0) is 47.2. The van der Waals surface area contributed by atoms with Crippen LogP contribution >= 0.6 is 0 Å². The summed E-state index contributed by atoms with van der Waals surface area (Å²) in [7, 11) is 0. The molecule has 0 amide bonds. The molecule has 0 atom stereocenters. The van der Waals surface area contributed by atoms with Crippen LogP contribution in [0, 0.1) is 18.1 Å². The van der Waals surface area contributed by atoms with Crippen molar-refractivity contribution < 1.29 is 20.1 Å². The van der Waals surface area contributed by atoms with E-state index in [9.17, 15) is 0 Å². The maximum atomic E-state index is 5.44. The van der Waals surface area contributed by atoms with Gasteiger partial charge in [0.05, 0.1) is 22.5 Å². The number of hydrogen-bond acceptors (Lipinski definition) is 2. The van der Waals surface area contributed by atoms with E-state index in [-0.39, 0.29) is 25.5 Å². The van der Waals surface area contributed by atoms with Gasteiger partial charge in [0.1, 0.15) is 0 Å². The first kappa shape index (κ1) is 47.7. The molecule has 11 aromatic rings. The Balaban J connectivity index is 0.000000238. The van der Waals surface area contributed by atoms with Crippen LogP contribution in [-0.2, 0) is 31.9 Å². The van der Waals surface area contributed by atoms with Gasteiger partial charge in [-0.15, -0.1) is 23.8 Å². The van der Waals surface area contributed by atoms with Gasteiger partial charge in [0.15, 0.2) is 0 Å². The zero-order valence-electron chi connectivity index (χ0n) is 40.8. The Labute approximate surface area is 423 Å². The molecule has 8 aromatic carbocycles. The van der Waals surface area contributed by atoms with Gasteiger partial charge in [-0.05, 0) is 68.5 Å². The summed E-state index contributed by atoms with van der Waals surface area (Å²) < 4.78 is 6.28. The fourth-order valence-corrected chi connectivity index (χ4v) is 13.1. The number of fused-ring (bicyclic) bond motifs is 5. The first-order valence-electron chi connectivity index (χ1n) is 23.9. The summed E-state index contributed by atoms with van der Waals surface area (Å²) in [5.74, 6) is 8.88. The van der Waals surface area contributed by atoms with Gasteiger partial charge in [0, 0.05) is 36.9 Å². The number of rotatable bonds is 8. The summed E-state index contributed by atoms with van der Waals surface area (Å²) in [6.45, 7) is 11.5. The Kier molecular flexibility index (Phi) is 13.5. The van der Waals surface area contributed by atoms with Crippen LogP contribution in [-0.4, -0.2) is 32.4 Å². The number of aromatic nitrogens is 4. The van der Waals surface area contributed by atoms with Crippen molar-refractivity contribution in [2.45, 2.75) is 63.7 Å². The molecule has 0 N–H and O–H groups in total. The van der Waals surface area contributed by atoms with E-state index in [1.54, 1.807) is 4.40 Å². The number of pyridine rings is 1. The molecule has 6 heteroatoms. The number of hydrogen-bond donors (Lipinski definition) is 0. The van der Waals surface area contributed by atoms with Crippen molar-refractivity contribution >= 4 is 61.3 Å². The Morgan fingerprint density at radius 1 is 0.609 bits per heavy atom. The Hall–Kier alpha value is -6.37. The number of nitrogens with zero attached hydrogens (tertiary/aromatic N) is 4. The van der Waals surface area contributed by atoms with Crippen LogP contribution in [0.2, 0.25) is 17.3 Å². The van der Waals surface area contributed by atoms with Crippen molar-refractivity contribution in [1.82, 2.24) is 19.1 Å². The molecule has 3 heterocycles. The largest absolute Gasteiger partial charge is 0 e. The Morgan fingerprint density at radius 3 is 1.99 bits per heavy atom. The number of benzene rings is 8. The van der Waals surface area contributed by atoms with Crippen molar-refractivity contribution in [2.75, 3.05) is 0 Å². The molecule has 0 aliphatic rings. The normalized spacial score (nSPS) is 11.8. The molecule has 0 bridgehead atoms. The molecule has 0 aliphatic carbocycles. The van der Waals surface area contributed by atoms with Crippen molar-refractivity contribution in [3.05, 3.63) is 211 Å². The van der Waals surface area contributed by atoms with Gasteiger partial charge in [-0.1, -0.05) is 135 Å².